The predicted octanol–water partition coefficient (Wildman–Crippen LogP) is 0.214. The second kappa shape index (κ2) is 6.83. The first-order valence-corrected chi connectivity index (χ1v) is 6.96. The molecule has 1 aromatic carbocycles. The topological polar surface area (TPSA) is 84.6 Å². The molecule has 0 aliphatic carbocycles. The zero-order valence-corrected chi connectivity index (χ0v) is 11.5. The molecule has 5 nitrogen and oxygen atoms in total. The first-order valence-electron chi connectivity index (χ1n) is 6.96. The summed E-state index contributed by atoms with van der Waals surface area (Å²) >= 11 is 0. The summed E-state index contributed by atoms with van der Waals surface area (Å²) in [6, 6.07) is 9.06. The molecule has 0 bridgehead atoms. The van der Waals surface area contributed by atoms with E-state index in [-0.39, 0.29) is 12.5 Å². The number of hydrogen-bond acceptors (Lipinski definition) is 4. The number of nitrogens with two attached hydrogens (primary N) is 1. The van der Waals surface area contributed by atoms with Crippen LogP contribution in [-0.2, 0) is 16.0 Å². The smallest absolute Gasteiger partial charge is 0.237 e. The van der Waals surface area contributed by atoms with E-state index in [1.807, 2.05) is 30.3 Å². The molecule has 1 heterocycles. The largest absolute Gasteiger partial charge is 0.388 e. The maximum atomic E-state index is 12.0. The van der Waals surface area contributed by atoms with Crippen molar-refractivity contribution in [2.75, 3.05) is 19.8 Å². The van der Waals surface area contributed by atoms with Crippen LogP contribution in [0.4, 0.5) is 0 Å². The lowest BCUT2D eigenvalue weighted by Crippen LogP contribution is -2.50. The van der Waals surface area contributed by atoms with Gasteiger partial charge in [-0.3, -0.25) is 4.79 Å². The van der Waals surface area contributed by atoms with Crippen LogP contribution in [-0.4, -0.2) is 42.4 Å². The Balaban J connectivity index is 1.79. The Labute approximate surface area is 119 Å². The SMILES string of the molecule is N[C@H](Cc1ccccc1)C(=O)NCC1(O)CCOCC1. The summed E-state index contributed by atoms with van der Waals surface area (Å²) in [6.07, 6.45) is 1.58. The lowest BCUT2D eigenvalue weighted by molar-refractivity contribution is -0.125. The molecule has 0 unspecified atom stereocenters. The van der Waals surface area contributed by atoms with Crippen LogP contribution in [0.5, 0.6) is 0 Å². The van der Waals surface area contributed by atoms with Gasteiger partial charge in [-0.2, -0.15) is 0 Å². The van der Waals surface area contributed by atoms with Gasteiger partial charge in [0.2, 0.25) is 5.91 Å². The van der Waals surface area contributed by atoms with Gasteiger partial charge in [0, 0.05) is 32.6 Å². The molecule has 0 spiro atoms. The van der Waals surface area contributed by atoms with Crippen molar-refractivity contribution in [3.63, 3.8) is 0 Å². The molecule has 0 saturated carbocycles. The Hall–Kier alpha value is -1.43. The molecule has 4 N–H and O–H groups in total. The molecule has 1 aliphatic heterocycles. The van der Waals surface area contributed by atoms with E-state index < -0.39 is 11.6 Å². The third kappa shape index (κ3) is 4.30. The second-order valence-electron chi connectivity index (χ2n) is 5.35. The van der Waals surface area contributed by atoms with E-state index in [0.29, 0.717) is 32.5 Å². The Kier molecular flexibility index (Phi) is 5.11. The molecular weight excluding hydrogens is 256 g/mol. The first kappa shape index (κ1) is 15.0. The normalized spacial score (nSPS) is 19.3. The van der Waals surface area contributed by atoms with Crippen molar-refractivity contribution in [2.45, 2.75) is 30.9 Å². The van der Waals surface area contributed by atoms with Crippen LogP contribution in [0.1, 0.15) is 18.4 Å². The Morgan fingerprint density at radius 3 is 2.65 bits per heavy atom. The van der Waals surface area contributed by atoms with E-state index in [2.05, 4.69) is 5.32 Å². The molecule has 5 heteroatoms. The van der Waals surface area contributed by atoms with E-state index in [9.17, 15) is 9.90 Å². The number of rotatable bonds is 5. The highest BCUT2D eigenvalue weighted by Gasteiger charge is 2.30. The molecule has 0 aromatic heterocycles. The van der Waals surface area contributed by atoms with Gasteiger partial charge in [-0.1, -0.05) is 30.3 Å². The summed E-state index contributed by atoms with van der Waals surface area (Å²) in [5.41, 5.74) is 6.06. The Morgan fingerprint density at radius 2 is 2.00 bits per heavy atom. The summed E-state index contributed by atoms with van der Waals surface area (Å²) in [5, 5.41) is 13.0. The van der Waals surface area contributed by atoms with Gasteiger partial charge in [0.15, 0.2) is 0 Å². The first-order chi connectivity index (χ1) is 9.59. The molecule has 20 heavy (non-hydrogen) atoms. The van der Waals surface area contributed by atoms with Gasteiger partial charge in [0.25, 0.3) is 0 Å². The lowest BCUT2D eigenvalue weighted by atomic mass is 9.94. The van der Waals surface area contributed by atoms with Crippen LogP contribution < -0.4 is 11.1 Å². The molecule has 1 amide bonds. The van der Waals surface area contributed by atoms with Crippen molar-refractivity contribution in [2.24, 2.45) is 5.73 Å². The third-order valence-electron chi connectivity index (χ3n) is 3.65. The maximum Gasteiger partial charge on any atom is 0.237 e. The fourth-order valence-electron chi connectivity index (χ4n) is 2.27. The summed E-state index contributed by atoms with van der Waals surface area (Å²) < 4.78 is 5.20. The zero-order chi connectivity index (χ0) is 14.4. The summed E-state index contributed by atoms with van der Waals surface area (Å²) in [5.74, 6) is -0.228. The number of carbonyl (C=O) groups is 1. The highest BCUT2D eigenvalue weighted by molar-refractivity contribution is 5.81. The monoisotopic (exact) mass is 278 g/mol. The molecule has 1 fully saturated rings. The van der Waals surface area contributed by atoms with E-state index in [0.717, 1.165) is 5.56 Å². The highest BCUT2D eigenvalue weighted by Crippen LogP contribution is 2.19. The lowest BCUT2D eigenvalue weighted by Gasteiger charge is -2.32. The van der Waals surface area contributed by atoms with Gasteiger partial charge < -0.3 is 20.9 Å². The van der Waals surface area contributed by atoms with Gasteiger partial charge in [0.05, 0.1) is 11.6 Å². The number of nitrogens with one attached hydrogen (secondary N) is 1. The average molecular weight is 278 g/mol. The van der Waals surface area contributed by atoms with E-state index in [4.69, 9.17) is 10.5 Å². The van der Waals surface area contributed by atoms with Crippen LogP contribution in [0, 0.1) is 0 Å². The number of hydrogen-bond donors (Lipinski definition) is 3. The standard InChI is InChI=1S/C15H22N2O3/c16-13(10-12-4-2-1-3-5-12)14(18)17-11-15(19)6-8-20-9-7-15/h1-5,13,19H,6-11,16H2,(H,17,18)/t13-/m1/s1. The molecule has 1 aliphatic rings. The van der Waals surface area contributed by atoms with Crippen LogP contribution in [0.3, 0.4) is 0 Å². The second-order valence-corrected chi connectivity index (χ2v) is 5.35. The third-order valence-corrected chi connectivity index (χ3v) is 3.65. The zero-order valence-electron chi connectivity index (χ0n) is 11.5. The van der Waals surface area contributed by atoms with Gasteiger partial charge in [-0.25, -0.2) is 0 Å². The average Bonchev–Trinajstić information content (AvgIpc) is 2.46. The van der Waals surface area contributed by atoms with E-state index >= 15 is 0 Å². The fraction of sp³-hybridized carbons (Fsp3) is 0.533. The van der Waals surface area contributed by atoms with Crippen LogP contribution in [0.2, 0.25) is 0 Å². The van der Waals surface area contributed by atoms with Gasteiger partial charge in [0.1, 0.15) is 0 Å². The molecule has 1 aromatic rings. The van der Waals surface area contributed by atoms with Crippen molar-refractivity contribution < 1.29 is 14.6 Å². The minimum Gasteiger partial charge on any atom is -0.388 e. The van der Waals surface area contributed by atoms with Crippen LogP contribution in [0.25, 0.3) is 0 Å². The van der Waals surface area contributed by atoms with Gasteiger partial charge >= 0.3 is 0 Å². The molecule has 110 valence electrons. The Bertz CT molecular complexity index is 430. The van der Waals surface area contributed by atoms with Crippen molar-refractivity contribution in [1.29, 1.82) is 0 Å². The van der Waals surface area contributed by atoms with Crippen LogP contribution >= 0.6 is 0 Å². The molecule has 1 atom stereocenters. The fourth-order valence-corrected chi connectivity index (χ4v) is 2.27. The maximum absolute atomic E-state index is 12.0. The Morgan fingerprint density at radius 1 is 1.35 bits per heavy atom. The van der Waals surface area contributed by atoms with E-state index in [1.165, 1.54) is 0 Å². The predicted molar refractivity (Wildman–Crippen MR) is 76.1 cm³/mol. The van der Waals surface area contributed by atoms with E-state index in [1.54, 1.807) is 0 Å². The number of benzene rings is 1. The molecule has 1 saturated heterocycles. The molecular formula is C15H22N2O3. The number of carbonyl (C=O) groups excluding carboxylic acids is 1. The molecule has 2 rings (SSSR count). The number of aliphatic hydroxyl groups is 1. The summed E-state index contributed by atoms with van der Waals surface area (Å²) in [7, 11) is 0. The van der Waals surface area contributed by atoms with Crippen LogP contribution in [0.15, 0.2) is 30.3 Å². The minimum atomic E-state index is -0.861. The minimum absolute atomic E-state index is 0.228. The van der Waals surface area contributed by atoms with Crippen molar-refractivity contribution >= 4 is 5.91 Å². The summed E-state index contributed by atoms with van der Waals surface area (Å²) in [4.78, 5) is 12.0. The molecule has 0 radical (unpaired) electrons. The van der Waals surface area contributed by atoms with Gasteiger partial charge in [-0.15, -0.1) is 0 Å². The quantitative estimate of drug-likeness (QED) is 0.719. The number of ether oxygens (including phenoxy) is 1. The van der Waals surface area contributed by atoms with Crippen molar-refractivity contribution in [1.82, 2.24) is 5.32 Å². The summed E-state index contributed by atoms with van der Waals surface area (Å²) in [6.45, 7) is 1.29. The van der Waals surface area contributed by atoms with Gasteiger partial charge in [-0.05, 0) is 12.0 Å². The highest BCUT2D eigenvalue weighted by atomic mass is 16.5. The van der Waals surface area contributed by atoms with Crippen molar-refractivity contribution in [3.05, 3.63) is 35.9 Å². The number of amides is 1. The van der Waals surface area contributed by atoms with Crippen molar-refractivity contribution in [3.8, 4) is 0 Å².